The van der Waals surface area contributed by atoms with Gasteiger partial charge in [0.25, 0.3) is 5.91 Å². The first-order valence-electron chi connectivity index (χ1n) is 9.03. The van der Waals surface area contributed by atoms with Gasteiger partial charge in [-0.15, -0.1) is 0 Å². The molecule has 0 fully saturated rings. The largest absolute Gasteiger partial charge is 0.452 e. The molecule has 4 nitrogen and oxygen atoms in total. The number of carbonyl (C=O) groups excluding carboxylic acids is 2. The molecule has 0 aliphatic carbocycles. The van der Waals surface area contributed by atoms with Crippen LogP contribution < -0.4 is 5.32 Å². The first kappa shape index (κ1) is 20.2. The topological polar surface area (TPSA) is 55.4 Å². The van der Waals surface area contributed by atoms with E-state index < -0.39 is 35.7 Å². The second-order valence-electron chi connectivity index (χ2n) is 6.42. The van der Waals surface area contributed by atoms with E-state index in [1.165, 1.54) is 0 Å². The SMILES string of the molecule is O=C(COC(=O)c1ccc(F)cc1F)N[C@H](Cc1ccccc1)c1ccccc1. The molecule has 0 aromatic heterocycles. The summed E-state index contributed by atoms with van der Waals surface area (Å²) >= 11 is 0. The van der Waals surface area contributed by atoms with Crippen molar-refractivity contribution in [1.29, 1.82) is 0 Å². The Hall–Kier alpha value is -3.54. The molecule has 3 aromatic rings. The molecule has 0 heterocycles. The van der Waals surface area contributed by atoms with E-state index in [1.807, 2.05) is 60.7 Å². The minimum Gasteiger partial charge on any atom is -0.452 e. The predicted octanol–water partition coefficient (Wildman–Crippen LogP) is 4.22. The maximum atomic E-state index is 13.7. The molecule has 3 rings (SSSR count). The first-order valence-corrected chi connectivity index (χ1v) is 9.03. The van der Waals surface area contributed by atoms with Crippen LogP contribution in [0.4, 0.5) is 8.78 Å². The maximum absolute atomic E-state index is 13.7. The standard InChI is InChI=1S/C23H19F2NO3/c24-18-11-12-19(20(25)14-18)23(28)29-15-22(27)26-21(17-9-5-2-6-10-17)13-16-7-3-1-4-8-16/h1-12,14,21H,13,15H2,(H,26,27)/t21-/m1/s1. The van der Waals surface area contributed by atoms with Gasteiger partial charge in [-0.1, -0.05) is 60.7 Å². The van der Waals surface area contributed by atoms with E-state index in [4.69, 9.17) is 4.74 Å². The number of benzene rings is 3. The summed E-state index contributed by atoms with van der Waals surface area (Å²) < 4.78 is 31.5. The lowest BCUT2D eigenvalue weighted by molar-refractivity contribution is -0.125. The molecule has 0 saturated heterocycles. The lowest BCUT2D eigenvalue weighted by Gasteiger charge is -2.19. The number of amides is 1. The van der Waals surface area contributed by atoms with Gasteiger partial charge >= 0.3 is 5.97 Å². The van der Waals surface area contributed by atoms with E-state index in [2.05, 4.69) is 5.32 Å². The van der Waals surface area contributed by atoms with Crippen LogP contribution in [0.25, 0.3) is 0 Å². The number of nitrogens with one attached hydrogen (secondary N) is 1. The molecule has 0 unspecified atom stereocenters. The Morgan fingerprint density at radius 2 is 1.55 bits per heavy atom. The normalized spacial score (nSPS) is 11.5. The van der Waals surface area contributed by atoms with E-state index >= 15 is 0 Å². The Labute approximate surface area is 167 Å². The van der Waals surface area contributed by atoms with Gasteiger partial charge in [0.05, 0.1) is 11.6 Å². The van der Waals surface area contributed by atoms with Crippen LogP contribution in [0.1, 0.15) is 27.5 Å². The van der Waals surface area contributed by atoms with E-state index in [9.17, 15) is 18.4 Å². The number of esters is 1. The fraction of sp³-hybridized carbons (Fsp3) is 0.130. The van der Waals surface area contributed by atoms with Gasteiger partial charge in [-0.25, -0.2) is 13.6 Å². The molecule has 0 aliphatic rings. The predicted molar refractivity (Wildman–Crippen MR) is 104 cm³/mol. The first-order chi connectivity index (χ1) is 14.0. The molecule has 0 saturated carbocycles. The van der Waals surface area contributed by atoms with E-state index in [1.54, 1.807) is 0 Å². The number of ether oxygens (including phenoxy) is 1. The van der Waals surface area contributed by atoms with Gasteiger partial charge in [-0.05, 0) is 29.7 Å². The van der Waals surface area contributed by atoms with Crippen molar-refractivity contribution in [2.24, 2.45) is 0 Å². The van der Waals surface area contributed by atoms with Crippen LogP contribution in [0.5, 0.6) is 0 Å². The molecule has 3 aromatic carbocycles. The van der Waals surface area contributed by atoms with Crippen LogP contribution in [-0.4, -0.2) is 18.5 Å². The average molecular weight is 395 g/mol. The Morgan fingerprint density at radius 1 is 0.897 bits per heavy atom. The summed E-state index contributed by atoms with van der Waals surface area (Å²) in [5.74, 6) is -3.40. The molecule has 1 atom stereocenters. The van der Waals surface area contributed by atoms with Crippen molar-refractivity contribution in [2.45, 2.75) is 12.5 Å². The zero-order valence-electron chi connectivity index (χ0n) is 15.5. The van der Waals surface area contributed by atoms with Crippen molar-refractivity contribution in [3.63, 3.8) is 0 Å². The summed E-state index contributed by atoms with van der Waals surface area (Å²) in [5, 5.41) is 2.84. The zero-order chi connectivity index (χ0) is 20.6. The van der Waals surface area contributed by atoms with Gasteiger partial charge in [0.15, 0.2) is 6.61 Å². The van der Waals surface area contributed by atoms with Crippen LogP contribution in [-0.2, 0) is 16.0 Å². The van der Waals surface area contributed by atoms with Crippen molar-refractivity contribution < 1.29 is 23.1 Å². The van der Waals surface area contributed by atoms with Crippen LogP contribution in [0.3, 0.4) is 0 Å². The minimum absolute atomic E-state index is 0.327. The van der Waals surface area contributed by atoms with Crippen molar-refractivity contribution in [3.05, 3.63) is 107 Å². The molecule has 0 aliphatic heterocycles. The lowest BCUT2D eigenvalue weighted by Crippen LogP contribution is -2.33. The fourth-order valence-corrected chi connectivity index (χ4v) is 2.89. The van der Waals surface area contributed by atoms with Crippen molar-refractivity contribution >= 4 is 11.9 Å². The monoisotopic (exact) mass is 395 g/mol. The molecule has 0 radical (unpaired) electrons. The molecule has 0 spiro atoms. The van der Waals surface area contributed by atoms with Gasteiger partial charge < -0.3 is 10.1 Å². The lowest BCUT2D eigenvalue weighted by atomic mass is 9.99. The second kappa shape index (κ2) is 9.59. The molecule has 0 bridgehead atoms. The second-order valence-corrected chi connectivity index (χ2v) is 6.42. The summed E-state index contributed by atoms with van der Waals surface area (Å²) in [4.78, 5) is 24.3. The number of carbonyl (C=O) groups is 2. The molecular weight excluding hydrogens is 376 g/mol. The van der Waals surface area contributed by atoms with Gasteiger partial charge in [0, 0.05) is 6.07 Å². The zero-order valence-corrected chi connectivity index (χ0v) is 15.5. The number of hydrogen-bond acceptors (Lipinski definition) is 3. The molecular formula is C23H19F2NO3. The maximum Gasteiger partial charge on any atom is 0.341 e. The quantitative estimate of drug-likeness (QED) is 0.610. The Balaban J connectivity index is 1.64. The highest BCUT2D eigenvalue weighted by Crippen LogP contribution is 2.18. The van der Waals surface area contributed by atoms with Gasteiger partial charge in [0.2, 0.25) is 0 Å². The van der Waals surface area contributed by atoms with Crippen LogP contribution in [0.2, 0.25) is 0 Å². The third-order valence-corrected chi connectivity index (χ3v) is 4.31. The van der Waals surface area contributed by atoms with Crippen molar-refractivity contribution in [2.75, 3.05) is 6.61 Å². The van der Waals surface area contributed by atoms with Crippen LogP contribution >= 0.6 is 0 Å². The summed E-state index contributed by atoms with van der Waals surface area (Å²) in [6, 6.07) is 21.3. The van der Waals surface area contributed by atoms with Crippen LogP contribution in [0, 0.1) is 11.6 Å². The summed E-state index contributed by atoms with van der Waals surface area (Å²) in [6.07, 6.45) is 0.553. The van der Waals surface area contributed by atoms with E-state index in [0.29, 0.717) is 12.5 Å². The summed E-state index contributed by atoms with van der Waals surface area (Å²) in [5.41, 5.74) is 1.51. The van der Waals surface area contributed by atoms with Gasteiger partial charge in [-0.2, -0.15) is 0 Å². The van der Waals surface area contributed by atoms with Crippen molar-refractivity contribution in [1.82, 2.24) is 5.32 Å². The fourth-order valence-electron chi connectivity index (χ4n) is 2.89. The Bertz CT molecular complexity index is 978. The molecule has 148 valence electrons. The molecule has 1 amide bonds. The van der Waals surface area contributed by atoms with Crippen molar-refractivity contribution in [3.8, 4) is 0 Å². The third-order valence-electron chi connectivity index (χ3n) is 4.31. The number of hydrogen-bond donors (Lipinski definition) is 1. The highest BCUT2D eigenvalue weighted by Gasteiger charge is 2.18. The summed E-state index contributed by atoms with van der Waals surface area (Å²) in [7, 11) is 0. The highest BCUT2D eigenvalue weighted by molar-refractivity contribution is 5.91. The van der Waals surface area contributed by atoms with Crippen LogP contribution in [0.15, 0.2) is 78.9 Å². The highest BCUT2D eigenvalue weighted by atomic mass is 19.1. The van der Waals surface area contributed by atoms with Gasteiger partial charge in [-0.3, -0.25) is 4.79 Å². The third kappa shape index (κ3) is 5.72. The van der Waals surface area contributed by atoms with Gasteiger partial charge in [0.1, 0.15) is 11.6 Å². The molecule has 1 N–H and O–H groups in total. The average Bonchev–Trinajstić information content (AvgIpc) is 2.73. The van der Waals surface area contributed by atoms with E-state index in [-0.39, 0.29) is 6.04 Å². The summed E-state index contributed by atoms with van der Waals surface area (Å²) in [6.45, 7) is -0.576. The molecule has 6 heteroatoms. The molecule has 29 heavy (non-hydrogen) atoms. The number of rotatable bonds is 7. The Morgan fingerprint density at radius 3 is 2.21 bits per heavy atom. The number of halogens is 2. The smallest absolute Gasteiger partial charge is 0.341 e. The van der Waals surface area contributed by atoms with E-state index in [0.717, 1.165) is 23.3 Å². The Kier molecular flexibility index (Phi) is 6.68. The minimum atomic E-state index is -1.04.